The van der Waals surface area contributed by atoms with E-state index >= 15 is 0 Å². The summed E-state index contributed by atoms with van der Waals surface area (Å²) < 4.78 is 17.7. The van der Waals surface area contributed by atoms with E-state index in [1.54, 1.807) is 67.9 Å². The van der Waals surface area contributed by atoms with Gasteiger partial charge in [-0.2, -0.15) is 5.26 Å². The fourth-order valence-corrected chi connectivity index (χ4v) is 3.72. The van der Waals surface area contributed by atoms with Crippen LogP contribution in [0.3, 0.4) is 0 Å². The van der Waals surface area contributed by atoms with Crippen molar-refractivity contribution in [1.82, 2.24) is 10.2 Å². The van der Waals surface area contributed by atoms with Gasteiger partial charge in [0, 0.05) is 18.2 Å². The van der Waals surface area contributed by atoms with Gasteiger partial charge in [0.15, 0.2) is 12.2 Å². The first-order valence-corrected chi connectivity index (χ1v) is 9.94. The van der Waals surface area contributed by atoms with Crippen molar-refractivity contribution in [2.24, 2.45) is 0 Å². The van der Waals surface area contributed by atoms with E-state index in [2.05, 4.69) is 5.32 Å². The fourth-order valence-electron chi connectivity index (χ4n) is 2.44. The van der Waals surface area contributed by atoms with E-state index in [4.69, 9.17) is 10.00 Å². The number of nitrogens with one attached hydrogen (secondary N) is 1. The molecule has 2 atom stereocenters. The molecule has 1 N–H and O–H groups in total. The minimum absolute atomic E-state index is 0.102. The van der Waals surface area contributed by atoms with Crippen LogP contribution in [0.5, 0.6) is 5.75 Å². The number of carbonyl (C=O) groups is 2. The molecule has 146 valence electrons. The highest BCUT2D eigenvalue weighted by Gasteiger charge is 2.29. The summed E-state index contributed by atoms with van der Waals surface area (Å²) in [4.78, 5) is 25.7. The van der Waals surface area contributed by atoms with Gasteiger partial charge in [0.1, 0.15) is 17.3 Å². The van der Waals surface area contributed by atoms with Crippen LogP contribution < -0.4 is 10.1 Å². The Morgan fingerprint density at radius 3 is 2.43 bits per heavy atom. The van der Waals surface area contributed by atoms with Gasteiger partial charge in [0.05, 0.1) is 7.11 Å². The Morgan fingerprint density at radius 1 is 1.21 bits per heavy atom. The van der Waals surface area contributed by atoms with E-state index in [9.17, 15) is 14.1 Å². The van der Waals surface area contributed by atoms with Gasteiger partial charge in [0.25, 0.3) is 11.8 Å². The standard InChI is InChI=1S/C20H21N3O4S/c1-23(14-21)20(25)18(22-19(24)16-6-4-3-5-7-16)13-28(26)12-15-8-10-17(27-2)11-9-15/h3-11,18H,12-13H2,1-2H3,(H,22,24)/t18-,28?/m1/s1. The van der Waals surface area contributed by atoms with Crippen molar-refractivity contribution in [2.45, 2.75) is 11.8 Å². The molecule has 2 aromatic rings. The number of methoxy groups -OCH3 is 1. The maximum atomic E-state index is 12.6. The summed E-state index contributed by atoms with van der Waals surface area (Å²) in [5, 5.41) is 11.6. The Balaban J connectivity index is 2.08. The van der Waals surface area contributed by atoms with E-state index in [-0.39, 0.29) is 11.5 Å². The van der Waals surface area contributed by atoms with Gasteiger partial charge in [-0.15, -0.1) is 0 Å². The molecular formula is C20H21N3O4S. The van der Waals surface area contributed by atoms with Gasteiger partial charge in [-0.3, -0.25) is 14.5 Å². The fraction of sp³-hybridized carbons (Fsp3) is 0.250. The van der Waals surface area contributed by atoms with E-state index in [1.807, 2.05) is 0 Å². The Morgan fingerprint density at radius 2 is 1.86 bits per heavy atom. The molecule has 28 heavy (non-hydrogen) atoms. The van der Waals surface area contributed by atoms with Crippen molar-refractivity contribution in [2.75, 3.05) is 19.9 Å². The van der Waals surface area contributed by atoms with E-state index in [0.717, 1.165) is 10.5 Å². The molecule has 7 nitrogen and oxygen atoms in total. The van der Waals surface area contributed by atoms with Gasteiger partial charge in [0.2, 0.25) is 0 Å². The zero-order chi connectivity index (χ0) is 20.5. The van der Waals surface area contributed by atoms with Crippen LogP contribution in [0.15, 0.2) is 54.6 Å². The van der Waals surface area contributed by atoms with Crippen LogP contribution in [0.4, 0.5) is 0 Å². The van der Waals surface area contributed by atoms with E-state index < -0.39 is 29.0 Å². The molecule has 0 saturated heterocycles. The predicted octanol–water partition coefficient (Wildman–Crippen LogP) is 1.68. The summed E-state index contributed by atoms with van der Waals surface area (Å²) >= 11 is -1.43. The van der Waals surface area contributed by atoms with Crippen LogP contribution in [0.2, 0.25) is 0 Å². The normalized spacial score (nSPS) is 12.4. The topological polar surface area (TPSA) is 105 Å². The first kappa shape index (κ1) is 21.3. The Bertz CT molecular complexity index is 837. The maximum Gasteiger partial charge on any atom is 0.262 e. The summed E-state index contributed by atoms with van der Waals surface area (Å²) in [5.41, 5.74) is 1.19. The molecule has 2 aromatic carbocycles. The third kappa shape index (κ3) is 6.01. The van der Waals surface area contributed by atoms with Gasteiger partial charge >= 0.3 is 0 Å². The number of carbonyl (C=O) groups excluding carboxylic acids is 2. The minimum Gasteiger partial charge on any atom is -0.616 e. The molecule has 0 aliphatic heterocycles. The highest BCUT2D eigenvalue weighted by molar-refractivity contribution is 7.90. The number of nitrogens with zero attached hydrogens (tertiary/aromatic N) is 2. The molecule has 2 rings (SSSR count). The second-order valence-electron chi connectivity index (χ2n) is 5.99. The molecule has 8 heteroatoms. The molecule has 0 spiro atoms. The molecule has 0 bridgehead atoms. The smallest absolute Gasteiger partial charge is 0.262 e. The van der Waals surface area contributed by atoms with Crippen molar-refractivity contribution in [3.05, 3.63) is 65.7 Å². The van der Waals surface area contributed by atoms with Gasteiger partial charge in [-0.05, 0) is 35.4 Å². The summed E-state index contributed by atoms with van der Waals surface area (Å²) in [6.07, 6.45) is 1.71. The molecule has 0 aliphatic carbocycles. The Labute approximate surface area is 167 Å². The largest absolute Gasteiger partial charge is 0.616 e. The zero-order valence-electron chi connectivity index (χ0n) is 15.6. The first-order chi connectivity index (χ1) is 13.4. The highest BCUT2D eigenvalue weighted by atomic mass is 32.2. The monoisotopic (exact) mass is 399 g/mol. The number of rotatable bonds is 8. The summed E-state index contributed by atoms with van der Waals surface area (Å²) in [5.74, 6) is -0.282. The molecule has 0 saturated carbocycles. The lowest BCUT2D eigenvalue weighted by Crippen LogP contribution is -2.50. The third-order valence-corrected chi connectivity index (χ3v) is 5.32. The molecule has 2 amide bonds. The van der Waals surface area contributed by atoms with E-state index in [0.29, 0.717) is 11.3 Å². The van der Waals surface area contributed by atoms with Crippen molar-refractivity contribution in [1.29, 1.82) is 5.26 Å². The average Bonchev–Trinajstić information content (AvgIpc) is 2.73. The molecule has 0 radical (unpaired) electrons. The minimum atomic E-state index is -1.43. The summed E-state index contributed by atoms with van der Waals surface area (Å²) in [6, 6.07) is 14.4. The molecular weight excluding hydrogens is 378 g/mol. The number of hydrogen-bond acceptors (Lipinski definition) is 5. The molecule has 0 aliphatic rings. The van der Waals surface area contributed by atoms with Crippen molar-refractivity contribution in [3.8, 4) is 11.9 Å². The summed E-state index contributed by atoms with van der Waals surface area (Å²) in [7, 11) is 2.86. The van der Waals surface area contributed by atoms with Crippen LogP contribution in [-0.4, -0.2) is 47.2 Å². The quantitative estimate of drug-likeness (QED) is 0.413. The van der Waals surface area contributed by atoms with Crippen molar-refractivity contribution in [3.63, 3.8) is 0 Å². The van der Waals surface area contributed by atoms with Crippen LogP contribution in [0.25, 0.3) is 0 Å². The lowest BCUT2D eigenvalue weighted by molar-refractivity contribution is -0.128. The number of hydrogen-bond donors (Lipinski definition) is 1. The van der Waals surface area contributed by atoms with Crippen LogP contribution in [0.1, 0.15) is 15.9 Å². The van der Waals surface area contributed by atoms with Crippen LogP contribution in [-0.2, 0) is 21.7 Å². The number of ether oxygens (including phenoxy) is 1. The van der Waals surface area contributed by atoms with Gasteiger partial charge < -0.3 is 14.6 Å². The molecule has 1 unspecified atom stereocenters. The number of benzene rings is 2. The summed E-state index contributed by atoms with van der Waals surface area (Å²) in [6.45, 7) is 0. The molecule has 0 aromatic heterocycles. The number of likely N-dealkylation sites (N-methyl/N-ethyl adjacent to an activating group) is 1. The van der Waals surface area contributed by atoms with Gasteiger partial charge in [-0.25, -0.2) is 0 Å². The maximum absolute atomic E-state index is 12.6. The van der Waals surface area contributed by atoms with E-state index in [1.165, 1.54) is 7.05 Å². The van der Waals surface area contributed by atoms with Crippen LogP contribution in [0, 0.1) is 11.5 Å². The number of amides is 2. The lowest BCUT2D eigenvalue weighted by Gasteiger charge is -2.21. The van der Waals surface area contributed by atoms with Crippen molar-refractivity contribution < 1.29 is 18.9 Å². The number of nitriles is 1. The van der Waals surface area contributed by atoms with Crippen LogP contribution >= 0.6 is 0 Å². The second-order valence-corrected chi connectivity index (χ2v) is 7.49. The SMILES string of the molecule is COc1ccc(C[S+]([O-])C[C@@H](NC(=O)c2ccccc2)C(=O)N(C)C#N)cc1. The van der Waals surface area contributed by atoms with Crippen molar-refractivity contribution >= 4 is 23.0 Å². The molecule has 0 fully saturated rings. The second kappa shape index (κ2) is 10.3. The van der Waals surface area contributed by atoms with Gasteiger partial charge in [-0.1, -0.05) is 30.3 Å². The molecule has 0 heterocycles. The lowest BCUT2D eigenvalue weighted by atomic mass is 10.2. The highest BCUT2D eigenvalue weighted by Crippen LogP contribution is 2.15. The first-order valence-electron chi connectivity index (χ1n) is 8.45. The Kier molecular flexibility index (Phi) is 7.87. The average molecular weight is 399 g/mol. The third-order valence-electron chi connectivity index (χ3n) is 3.96. The zero-order valence-corrected chi connectivity index (χ0v) is 16.4. The Hall–Kier alpha value is -3.02. The predicted molar refractivity (Wildman–Crippen MR) is 106 cm³/mol.